The maximum Gasteiger partial charge on any atom is 0.225 e. The van der Waals surface area contributed by atoms with Crippen molar-refractivity contribution < 1.29 is 19.2 Å². The van der Waals surface area contributed by atoms with Crippen molar-refractivity contribution in [1.82, 2.24) is 15.0 Å². The molecule has 2 rings (SSSR count). The lowest BCUT2D eigenvalue weighted by molar-refractivity contribution is -0.140. The van der Waals surface area contributed by atoms with Gasteiger partial charge in [-0.25, -0.2) is 0 Å². The van der Waals surface area contributed by atoms with Crippen molar-refractivity contribution in [3.63, 3.8) is 0 Å². The third-order valence-electron chi connectivity index (χ3n) is 4.25. The minimum Gasteiger partial charge on any atom is -0.394 e. The summed E-state index contributed by atoms with van der Waals surface area (Å²) in [7, 11) is 1.68. The van der Waals surface area contributed by atoms with E-state index in [9.17, 15) is 14.7 Å². The van der Waals surface area contributed by atoms with Gasteiger partial charge in [0.05, 0.1) is 25.1 Å². The fourth-order valence-corrected chi connectivity index (χ4v) is 3.07. The molecule has 1 aliphatic rings. The molecule has 0 radical (unpaired) electrons. The van der Waals surface area contributed by atoms with Crippen molar-refractivity contribution in [2.24, 2.45) is 0 Å². The van der Waals surface area contributed by atoms with Crippen molar-refractivity contribution in [1.29, 1.82) is 0 Å². The monoisotopic (exact) mass is 309 g/mol. The van der Waals surface area contributed by atoms with Gasteiger partial charge in [-0.3, -0.25) is 9.59 Å². The van der Waals surface area contributed by atoms with Crippen LogP contribution in [0.5, 0.6) is 0 Å². The van der Waals surface area contributed by atoms with E-state index in [0.29, 0.717) is 31.0 Å². The van der Waals surface area contributed by atoms with Crippen molar-refractivity contribution in [3.05, 3.63) is 17.5 Å². The zero-order chi connectivity index (χ0) is 16.3. The topological polar surface area (TPSA) is 86.9 Å². The molecule has 1 aromatic heterocycles. The first-order valence-electron chi connectivity index (χ1n) is 7.43. The average Bonchev–Trinajstić information content (AvgIpc) is 3.05. The van der Waals surface area contributed by atoms with Crippen LogP contribution in [0, 0.1) is 6.92 Å². The van der Waals surface area contributed by atoms with Crippen LogP contribution < -0.4 is 0 Å². The van der Waals surface area contributed by atoms with Crippen LogP contribution in [0.25, 0.3) is 0 Å². The number of aliphatic hydroxyl groups is 1. The fourth-order valence-electron chi connectivity index (χ4n) is 3.07. The molecule has 1 aromatic rings. The van der Waals surface area contributed by atoms with Gasteiger partial charge in [-0.2, -0.15) is 0 Å². The van der Waals surface area contributed by atoms with Gasteiger partial charge in [0.1, 0.15) is 11.5 Å². The Morgan fingerprint density at radius 3 is 2.82 bits per heavy atom. The average molecular weight is 309 g/mol. The zero-order valence-electron chi connectivity index (χ0n) is 13.3. The summed E-state index contributed by atoms with van der Waals surface area (Å²) in [5.41, 5.74) is -0.0852. The highest BCUT2D eigenvalue weighted by molar-refractivity contribution is 5.80. The van der Waals surface area contributed by atoms with Crippen LogP contribution in [-0.4, -0.2) is 57.6 Å². The lowest BCUT2D eigenvalue weighted by Crippen LogP contribution is -2.52. The summed E-state index contributed by atoms with van der Waals surface area (Å²) in [5.74, 6) is 0.471. The van der Waals surface area contributed by atoms with E-state index in [1.54, 1.807) is 29.8 Å². The van der Waals surface area contributed by atoms with Gasteiger partial charge in [0, 0.05) is 26.6 Å². The largest absolute Gasteiger partial charge is 0.394 e. The Kier molecular flexibility index (Phi) is 4.85. The summed E-state index contributed by atoms with van der Waals surface area (Å²) in [6.07, 6.45) is 1.57. The molecule has 0 spiro atoms. The van der Waals surface area contributed by atoms with Crippen LogP contribution in [0.1, 0.15) is 37.6 Å². The van der Waals surface area contributed by atoms with E-state index in [1.807, 2.05) is 0 Å². The first-order chi connectivity index (χ1) is 10.4. The van der Waals surface area contributed by atoms with E-state index in [0.717, 1.165) is 6.42 Å². The molecule has 1 atom stereocenters. The summed E-state index contributed by atoms with van der Waals surface area (Å²) in [4.78, 5) is 27.4. The molecule has 1 fully saturated rings. The highest BCUT2D eigenvalue weighted by Crippen LogP contribution is 2.32. The lowest BCUT2D eigenvalue weighted by Gasteiger charge is -2.37. The highest BCUT2D eigenvalue weighted by Gasteiger charge is 2.44. The Morgan fingerprint density at radius 2 is 2.27 bits per heavy atom. The number of hydrogen-bond donors (Lipinski definition) is 1. The number of carbonyl (C=O) groups is 2. The molecule has 2 heterocycles. The minimum atomic E-state index is -0.767. The molecule has 122 valence electrons. The molecule has 2 amide bonds. The van der Waals surface area contributed by atoms with Crippen LogP contribution in [0.15, 0.2) is 10.6 Å². The number of nitrogens with zero attached hydrogens (tertiary/aromatic N) is 3. The number of aliphatic hydroxyl groups excluding tert-OH is 1. The van der Waals surface area contributed by atoms with Crippen molar-refractivity contribution in [2.45, 2.75) is 45.2 Å². The summed E-state index contributed by atoms with van der Waals surface area (Å²) in [6.45, 7) is 4.01. The van der Waals surface area contributed by atoms with Gasteiger partial charge in [-0.05, 0) is 19.8 Å². The number of aromatic nitrogens is 1. The maximum atomic E-state index is 12.5. The second kappa shape index (κ2) is 6.48. The molecule has 1 saturated heterocycles. The first kappa shape index (κ1) is 16.5. The van der Waals surface area contributed by atoms with E-state index in [1.165, 1.54) is 6.92 Å². The van der Waals surface area contributed by atoms with Gasteiger partial charge < -0.3 is 19.4 Å². The van der Waals surface area contributed by atoms with Gasteiger partial charge in [-0.15, -0.1) is 0 Å². The second-order valence-corrected chi connectivity index (χ2v) is 6.01. The standard InChI is InChI=1S/C15H23N3O4/c1-11-7-13(16-22-11)9-17(3)14(21)8-15(10-19)5-4-6-18(15)12(2)20/h7,19H,4-6,8-10H2,1-3H3/t15-/m0/s1. The van der Waals surface area contributed by atoms with Crippen LogP contribution in [-0.2, 0) is 16.1 Å². The molecule has 7 nitrogen and oxygen atoms in total. The smallest absolute Gasteiger partial charge is 0.225 e. The van der Waals surface area contributed by atoms with Gasteiger partial charge in [0.15, 0.2) is 0 Å². The molecule has 1 N–H and O–H groups in total. The van der Waals surface area contributed by atoms with E-state index in [4.69, 9.17) is 4.52 Å². The summed E-state index contributed by atoms with van der Waals surface area (Å²) in [6, 6.07) is 1.78. The molecule has 22 heavy (non-hydrogen) atoms. The third kappa shape index (κ3) is 3.30. The van der Waals surface area contributed by atoms with E-state index < -0.39 is 5.54 Å². The van der Waals surface area contributed by atoms with Gasteiger partial charge in [-0.1, -0.05) is 5.16 Å². The molecule has 0 bridgehead atoms. The zero-order valence-corrected chi connectivity index (χ0v) is 13.3. The number of hydrogen-bond acceptors (Lipinski definition) is 5. The minimum absolute atomic E-state index is 0.103. The lowest BCUT2D eigenvalue weighted by atomic mass is 9.92. The normalized spacial score (nSPS) is 21.2. The predicted octanol–water partition coefficient (Wildman–Crippen LogP) is 0.705. The third-order valence-corrected chi connectivity index (χ3v) is 4.25. The van der Waals surface area contributed by atoms with Crippen LogP contribution in [0.3, 0.4) is 0 Å². The van der Waals surface area contributed by atoms with Crippen LogP contribution >= 0.6 is 0 Å². The number of amides is 2. The van der Waals surface area contributed by atoms with E-state index >= 15 is 0 Å². The highest BCUT2D eigenvalue weighted by atomic mass is 16.5. The molecule has 0 unspecified atom stereocenters. The molecular weight excluding hydrogens is 286 g/mol. The maximum absolute atomic E-state index is 12.5. The Morgan fingerprint density at radius 1 is 1.55 bits per heavy atom. The number of likely N-dealkylation sites (tertiary alicyclic amines) is 1. The van der Waals surface area contributed by atoms with Crippen LogP contribution in [0.2, 0.25) is 0 Å². The number of rotatable bonds is 5. The quantitative estimate of drug-likeness (QED) is 0.865. The van der Waals surface area contributed by atoms with Gasteiger partial charge >= 0.3 is 0 Å². The van der Waals surface area contributed by atoms with E-state index in [-0.39, 0.29) is 24.8 Å². The Balaban J connectivity index is 2.04. The predicted molar refractivity (Wildman–Crippen MR) is 78.8 cm³/mol. The van der Waals surface area contributed by atoms with Gasteiger partial charge in [0.2, 0.25) is 11.8 Å². The van der Waals surface area contributed by atoms with Crippen molar-refractivity contribution >= 4 is 11.8 Å². The summed E-state index contributed by atoms with van der Waals surface area (Å²) < 4.78 is 4.99. The molecule has 0 saturated carbocycles. The summed E-state index contributed by atoms with van der Waals surface area (Å²) >= 11 is 0. The van der Waals surface area contributed by atoms with Crippen LogP contribution in [0.4, 0.5) is 0 Å². The molecule has 1 aliphatic heterocycles. The van der Waals surface area contributed by atoms with Crippen molar-refractivity contribution in [3.8, 4) is 0 Å². The fraction of sp³-hybridized carbons (Fsp3) is 0.667. The Hall–Kier alpha value is -1.89. The summed E-state index contributed by atoms with van der Waals surface area (Å²) in [5, 5.41) is 13.6. The van der Waals surface area contributed by atoms with E-state index in [2.05, 4.69) is 5.16 Å². The Labute approximate surface area is 129 Å². The van der Waals surface area contributed by atoms with Gasteiger partial charge in [0.25, 0.3) is 0 Å². The Bertz CT molecular complexity index is 557. The molecule has 7 heteroatoms. The SMILES string of the molecule is CC(=O)N1CCC[C@@]1(CO)CC(=O)N(C)Cc1cc(C)on1. The number of aryl methyl sites for hydroxylation is 1. The number of carbonyl (C=O) groups excluding carboxylic acids is 2. The second-order valence-electron chi connectivity index (χ2n) is 6.01. The molecule has 0 aliphatic carbocycles. The van der Waals surface area contributed by atoms with Crippen molar-refractivity contribution in [2.75, 3.05) is 20.2 Å². The molecular formula is C15H23N3O4. The molecule has 0 aromatic carbocycles. The first-order valence-corrected chi connectivity index (χ1v) is 7.43.